The normalized spacial score (nSPS) is 14.6. The zero-order chi connectivity index (χ0) is 22.0. The van der Waals surface area contributed by atoms with Crippen molar-refractivity contribution in [2.24, 2.45) is 0 Å². The van der Waals surface area contributed by atoms with Crippen LogP contribution < -0.4 is 4.90 Å². The number of amides is 1. The van der Waals surface area contributed by atoms with Crippen LogP contribution in [-0.4, -0.2) is 50.4 Å². The SMILES string of the molecule is CCC(=O)N1CCN(c2oc(-c3ccccc3C)nc2S(=O)(=O)c2ccccc2)CC1. The number of hydrogen-bond acceptors (Lipinski definition) is 6. The Kier molecular flexibility index (Phi) is 5.82. The summed E-state index contributed by atoms with van der Waals surface area (Å²) < 4.78 is 32.9. The molecule has 1 saturated heterocycles. The molecule has 1 amide bonds. The van der Waals surface area contributed by atoms with E-state index in [1.165, 1.54) is 0 Å². The number of anilines is 1. The topological polar surface area (TPSA) is 83.7 Å². The maximum absolute atomic E-state index is 13.4. The molecule has 0 spiro atoms. The summed E-state index contributed by atoms with van der Waals surface area (Å²) in [5.74, 6) is 0.593. The Labute approximate surface area is 182 Å². The van der Waals surface area contributed by atoms with Gasteiger partial charge in [0, 0.05) is 38.2 Å². The predicted octanol–water partition coefficient (Wildman–Crippen LogP) is 3.54. The first-order valence-electron chi connectivity index (χ1n) is 10.3. The van der Waals surface area contributed by atoms with E-state index in [0.717, 1.165) is 11.1 Å². The molecule has 1 aliphatic rings. The van der Waals surface area contributed by atoms with E-state index in [0.29, 0.717) is 32.6 Å². The smallest absolute Gasteiger partial charge is 0.236 e. The lowest BCUT2D eigenvalue weighted by atomic mass is 10.1. The number of nitrogens with zero attached hydrogens (tertiary/aromatic N) is 3. The van der Waals surface area contributed by atoms with Crippen LogP contribution in [0, 0.1) is 6.92 Å². The van der Waals surface area contributed by atoms with Crippen LogP contribution in [0.3, 0.4) is 0 Å². The van der Waals surface area contributed by atoms with Crippen LogP contribution in [-0.2, 0) is 14.6 Å². The zero-order valence-electron chi connectivity index (χ0n) is 17.6. The third-order valence-electron chi connectivity index (χ3n) is 5.48. The van der Waals surface area contributed by atoms with Gasteiger partial charge in [-0.3, -0.25) is 4.79 Å². The molecule has 1 aromatic heterocycles. The molecule has 0 atom stereocenters. The molecule has 4 rings (SSSR count). The number of oxazole rings is 1. The van der Waals surface area contributed by atoms with E-state index in [9.17, 15) is 13.2 Å². The lowest BCUT2D eigenvalue weighted by Gasteiger charge is -2.34. The molecule has 162 valence electrons. The van der Waals surface area contributed by atoms with E-state index >= 15 is 0 Å². The Morgan fingerprint density at radius 3 is 2.29 bits per heavy atom. The van der Waals surface area contributed by atoms with Crippen LogP contribution in [0.15, 0.2) is 68.9 Å². The van der Waals surface area contributed by atoms with Crippen LogP contribution in [0.2, 0.25) is 0 Å². The Hall–Kier alpha value is -3.13. The molecule has 0 unspecified atom stereocenters. The van der Waals surface area contributed by atoms with Crippen molar-refractivity contribution in [2.75, 3.05) is 31.1 Å². The van der Waals surface area contributed by atoms with Crippen molar-refractivity contribution < 1.29 is 17.6 Å². The van der Waals surface area contributed by atoms with E-state index in [1.54, 1.807) is 35.2 Å². The minimum absolute atomic E-state index is 0.0905. The van der Waals surface area contributed by atoms with E-state index in [2.05, 4.69) is 4.98 Å². The Bertz CT molecular complexity index is 1180. The number of aryl methyl sites for hydroxylation is 1. The maximum atomic E-state index is 13.4. The van der Waals surface area contributed by atoms with Crippen LogP contribution >= 0.6 is 0 Å². The van der Waals surface area contributed by atoms with Gasteiger partial charge < -0.3 is 14.2 Å². The molecule has 0 radical (unpaired) electrons. The standard InChI is InChI=1S/C23H25N3O4S/c1-3-20(27)25-13-15-26(16-14-25)23-22(31(28,29)18-10-5-4-6-11-18)24-21(30-23)19-12-8-7-9-17(19)2/h4-12H,3,13-16H2,1-2H3. The second kappa shape index (κ2) is 8.55. The van der Waals surface area contributed by atoms with E-state index in [-0.39, 0.29) is 27.6 Å². The monoisotopic (exact) mass is 439 g/mol. The van der Waals surface area contributed by atoms with Gasteiger partial charge >= 0.3 is 0 Å². The number of carbonyl (C=O) groups is 1. The van der Waals surface area contributed by atoms with E-state index in [1.807, 2.05) is 43.0 Å². The van der Waals surface area contributed by atoms with Crippen molar-refractivity contribution in [3.05, 3.63) is 60.2 Å². The lowest BCUT2D eigenvalue weighted by Crippen LogP contribution is -2.48. The summed E-state index contributed by atoms with van der Waals surface area (Å²) in [6, 6.07) is 15.8. The van der Waals surface area contributed by atoms with Crippen LogP contribution in [0.5, 0.6) is 0 Å². The molecule has 7 nitrogen and oxygen atoms in total. The predicted molar refractivity (Wildman–Crippen MR) is 118 cm³/mol. The zero-order valence-corrected chi connectivity index (χ0v) is 18.4. The first kappa shape index (κ1) is 21.1. The average Bonchev–Trinajstić information content (AvgIpc) is 3.26. The molecular formula is C23H25N3O4S. The summed E-state index contributed by atoms with van der Waals surface area (Å²) in [5.41, 5.74) is 1.69. The number of carbonyl (C=O) groups excluding carboxylic acids is 1. The van der Waals surface area contributed by atoms with Gasteiger partial charge in [0.05, 0.1) is 4.90 Å². The quantitative estimate of drug-likeness (QED) is 0.605. The van der Waals surface area contributed by atoms with Gasteiger partial charge in [-0.15, -0.1) is 0 Å². The molecule has 1 aliphatic heterocycles. The van der Waals surface area contributed by atoms with Gasteiger partial charge in [-0.1, -0.05) is 43.3 Å². The highest BCUT2D eigenvalue weighted by Crippen LogP contribution is 2.36. The number of benzene rings is 2. The molecule has 1 fully saturated rings. The summed E-state index contributed by atoms with van der Waals surface area (Å²) in [5, 5.41) is -0.0905. The fraction of sp³-hybridized carbons (Fsp3) is 0.304. The van der Waals surface area contributed by atoms with Crippen LogP contribution in [0.25, 0.3) is 11.5 Å². The van der Waals surface area contributed by atoms with Gasteiger partial charge in [-0.05, 0) is 30.7 Å². The molecule has 0 saturated carbocycles. The first-order chi connectivity index (χ1) is 14.9. The Morgan fingerprint density at radius 1 is 1.00 bits per heavy atom. The van der Waals surface area contributed by atoms with Crippen molar-refractivity contribution in [1.29, 1.82) is 0 Å². The summed E-state index contributed by atoms with van der Waals surface area (Å²) in [6.45, 7) is 5.75. The van der Waals surface area contributed by atoms with Gasteiger partial charge in [-0.25, -0.2) is 8.42 Å². The fourth-order valence-electron chi connectivity index (χ4n) is 3.69. The average molecular weight is 440 g/mol. The van der Waals surface area contributed by atoms with Crippen LogP contribution in [0.1, 0.15) is 18.9 Å². The molecule has 2 aromatic carbocycles. The molecule has 3 aromatic rings. The number of aromatic nitrogens is 1. The lowest BCUT2D eigenvalue weighted by molar-refractivity contribution is -0.131. The number of sulfone groups is 1. The van der Waals surface area contributed by atoms with E-state index < -0.39 is 9.84 Å². The van der Waals surface area contributed by atoms with Gasteiger partial charge in [0.25, 0.3) is 0 Å². The number of rotatable bonds is 5. The summed E-state index contributed by atoms with van der Waals surface area (Å²) in [6.07, 6.45) is 0.452. The maximum Gasteiger partial charge on any atom is 0.236 e. The molecule has 31 heavy (non-hydrogen) atoms. The Balaban J connectivity index is 1.77. The molecule has 2 heterocycles. The third kappa shape index (κ3) is 4.07. The summed E-state index contributed by atoms with van der Waals surface area (Å²) in [7, 11) is -3.88. The van der Waals surface area contributed by atoms with Gasteiger partial charge in [0.1, 0.15) is 0 Å². The molecule has 0 bridgehead atoms. The van der Waals surface area contributed by atoms with Gasteiger partial charge in [0.15, 0.2) is 0 Å². The van der Waals surface area contributed by atoms with Crippen LogP contribution in [0.4, 0.5) is 5.88 Å². The second-order valence-electron chi connectivity index (χ2n) is 7.48. The van der Waals surface area contributed by atoms with Crippen molar-refractivity contribution in [3.8, 4) is 11.5 Å². The van der Waals surface area contributed by atoms with Crippen molar-refractivity contribution >= 4 is 21.6 Å². The largest absolute Gasteiger partial charge is 0.419 e. The first-order valence-corrected chi connectivity index (χ1v) is 11.8. The second-order valence-corrected chi connectivity index (χ2v) is 9.35. The minimum atomic E-state index is -3.88. The molecule has 8 heteroatoms. The van der Waals surface area contributed by atoms with Gasteiger partial charge in [-0.2, -0.15) is 4.98 Å². The fourth-order valence-corrected chi connectivity index (χ4v) is 5.04. The van der Waals surface area contributed by atoms with E-state index in [4.69, 9.17) is 4.42 Å². The van der Waals surface area contributed by atoms with Gasteiger partial charge in [0.2, 0.25) is 32.5 Å². The van der Waals surface area contributed by atoms with Crippen molar-refractivity contribution in [3.63, 3.8) is 0 Å². The third-order valence-corrected chi connectivity index (χ3v) is 7.15. The molecular weight excluding hydrogens is 414 g/mol. The highest BCUT2D eigenvalue weighted by atomic mass is 32.2. The highest BCUT2D eigenvalue weighted by molar-refractivity contribution is 7.91. The van der Waals surface area contributed by atoms with Crippen molar-refractivity contribution in [2.45, 2.75) is 30.2 Å². The minimum Gasteiger partial charge on any atom is -0.419 e. The molecule has 0 N–H and O–H groups in total. The summed E-state index contributed by atoms with van der Waals surface area (Å²) >= 11 is 0. The highest BCUT2D eigenvalue weighted by Gasteiger charge is 2.33. The number of hydrogen-bond donors (Lipinski definition) is 0. The number of piperazine rings is 1. The summed E-state index contributed by atoms with van der Waals surface area (Å²) in [4.78, 5) is 20.3. The Morgan fingerprint density at radius 2 is 1.65 bits per heavy atom. The molecule has 0 aliphatic carbocycles. The van der Waals surface area contributed by atoms with Crippen molar-refractivity contribution in [1.82, 2.24) is 9.88 Å².